The molecular formula is C25H24O. The molecule has 0 N–H and O–H groups in total. The third-order valence-electron chi connectivity index (χ3n) is 5.02. The fourth-order valence-corrected chi connectivity index (χ4v) is 3.79. The van der Waals surface area contributed by atoms with E-state index in [2.05, 4.69) is 91.0 Å². The number of unbranched alkanes of at least 4 members (excludes halogenated alkanes) is 1. The largest absolute Gasteiger partial charge is 0.299 e. The second-order valence-corrected chi connectivity index (χ2v) is 6.68. The second-order valence-electron chi connectivity index (χ2n) is 6.68. The summed E-state index contributed by atoms with van der Waals surface area (Å²) in [7, 11) is 0. The Morgan fingerprint density at radius 3 is 1.38 bits per heavy atom. The first-order valence-corrected chi connectivity index (χ1v) is 9.18. The molecule has 0 atom stereocenters. The molecule has 0 aromatic heterocycles. The molecule has 3 aromatic carbocycles. The third kappa shape index (κ3) is 3.94. The van der Waals surface area contributed by atoms with E-state index >= 15 is 0 Å². The van der Waals surface area contributed by atoms with Crippen molar-refractivity contribution in [1.82, 2.24) is 0 Å². The van der Waals surface area contributed by atoms with Gasteiger partial charge in [-0.25, -0.2) is 0 Å². The smallest absolute Gasteiger partial charge is 0.137 e. The van der Waals surface area contributed by atoms with Crippen molar-refractivity contribution in [3.63, 3.8) is 0 Å². The lowest BCUT2D eigenvalue weighted by molar-refractivity contribution is -0.114. The lowest BCUT2D eigenvalue weighted by Gasteiger charge is -2.36. The Morgan fingerprint density at radius 2 is 1.04 bits per heavy atom. The number of ketones is 1. The van der Waals surface area contributed by atoms with Crippen molar-refractivity contribution >= 4 is 5.78 Å². The van der Waals surface area contributed by atoms with Gasteiger partial charge in [-0.1, -0.05) is 97.4 Å². The van der Waals surface area contributed by atoms with Gasteiger partial charge in [-0.2, -0.15) is 0 Å². The minimum Gasteiger partial charge on any atom is -0.299 e. The van der Waals surface area contributed by atoms with Crippen LogP contribution in [-0.2, 0) is 10.2 Å². The standard InChI is InChI=1S/C25H24O/c1-21(26)13-11-12-20-25(22-14-5-2-6-15-22,23-16-7-3-8-17-23)24-18-9-4-10-19-24/h1-10,14-19H,11-13,20H2. The highest BCUT2D eigenvalue weighted by atomic mass is 16.1. The lowest BCUT2D eigenvalue weighted by Crippen LogP contribution is -2.29. The summed E-state index contributed by atoms with van der Waals surface area (Å²) in [6.07, 6.45) is 3.11. The zero-order valence-electron chi connectivity index (χ0n) is 15.0. The molecular weight excluding hydrogens is 316 g/mol. The van der Waals surface area contributed by atoms with Crippen LogP contribution >= 0.6 is 0 Å². The molecule has 0 fully saturated rings. The zero-order valence-corrected chi connectivity index (χ0v) is 15.0. The highest BCUT2D eigenvalue weighted by Gasteiger charge is 2.35. The van der Waals surface area contributed by atoms with Gasteiger partial charge < -0.3 is 0 Å². The number of hydrogen-bond donors (Lipinski definition) is 0. The van der Waals surface area contributed by atoms with Crippen LogP contribution in [0.25, 0.3) is 0 Å². The van der Waals surface area contributed by atoms with Crippen LogP contribution in [0.4, 0.5) is 0 Å². The van der Waals surface area contributed by atoms with Crippen molar-refractivity contribution in [2.24, 2.45) is 0 Å². The Morgan fingerprint density at radius 1 is 0.654 bits per heavy atom. The first-order chi connectivity index (χ1) is 12.7. The number of carbonyl (C=O) groups excluding carboxylic acids is 1. The van der Waals surface area contributed by atoms with Crippen LogP contribution in [0.3, 0.4) is 0 Å². The predicted molar refractivity (Wildman–Crippen MR) is 107 cm³/mol. The molecule has 0 aliphatic carbocycles. The molecule has 0 spiro atoms. The highest BCUT2D eigenvalue weighted by molar-refractivity contribution is 5.82. The molecule has 130 valence electrons. The van der Waals surface area contributed by atoms with Crippen LogP contribution in [0.1, 0.15) is 42.4 Å². The number of benzene rings is 3. The fourth-order valence-electron chi connectivity index (χ4n) is 3.79. The summed E-state index contributed by atoms with van der Waals surface area (Å²) in [6.45, 7) is 5.34. The van der Waals surface area contributed by atoms with E-state index in [9.17, 15) is 4.79 Å². The van der Waals surface area contributed by atoms with Gasteiger partial charge in [0.15, 0.2) is 0 Å². The molecule has 0 saturated heterocycles. The summed E-state index contributed by atoms with van der Waals surface area (Å²) in [4.78, 5) is 11.2. The molecule has 0 amide bonds. The SMILES string of the molecule is [CH]C(=O)CCCCC(c1ccccc1)(c1ccccc1)c1ccccc1. The van der Waals surface area contributed by atoms with Crippen molar-refractivity contribution in [2.45, 2.75) is 31.1 Å². The first kappa shape index (κ1) is 18.1. The lowest BCUT2D eigenvalue weighted by atomic mass is 9.66. The average molecular weight is 340 g/mol. The van der Waals surface area contributed by atoms with E-state index in [1.54, 1.807) is 0 Å². The number of rotatable bonds is 8. The van der Waals surface area contributed by atoms with E-state index < -0.39 is 0 Å². The number of Topliss-reactive ketones (excluding diaryl/α,β-unsaturated/α-hetero) is 1. The van der Waals surface area contributed by atoms with Crippen molar-refractivity contribution in [3.05, 3.63) is 115 Å². The Hall–Kier alpha value is -2.67. The van der Waals surface area contributed by atoms with Crippen LogP contribution < -0.4 is 0 Å². The van der Waals surface area contributed by atoms with Crippen LogP contribution in [0, 0.1) is 6.92 Å². The van der Waals surface area contributed by atoms with Gasteiger partial charge in [0.1, 0.15) is 5.78 Å². The van der Waals surface area contributed by atoms with Gasteiger partial charge in [-0.05, 0) is 29.5 Å². The van der Waals surface area contributed by atoms with E-state index in [1.807, 2.05) is 0 Å². The Kier molecular flexibility index (Phi) is 6.01. The first-order valence-electron chi connectivity index (χ1n) is 9.18. The van der Waals surface area contributed by atoms with E-state index in [4.69, 9.17) is 6.92 Å². The molecule has 0 aliphatic rings. The van der Waals surface area contributed by atoms with Crippen LogP contribution in [0.5, 0.6) is 0 Å². The molecule has 3 aromatic rings. The van der Waals surface area contributed by atoms with E-state index in [0.29, 0.717) is 6.42 Å². The van der Waals surface area contributed by atoms with Crippen LogP contribution in [-0.4, -0.2) is 5.78 Å². The topological polar surface area (TPSA) is 17.1 Å². The van der Waals surface area contributed by atoms with Gasteiger partial charge in [0.2, 0.25) is 0 Å². The Balaban J connectivity index is 2.10. The molecule has 0 saturated carbocycles. The quantitative estimate of drug-likeness (QED) is 0.371. The maximum Gasteiger partial charge on any atom is 0.137 e. The van der Waals surface area contributed by atoms with Gasteiger partial charge >= 0.3 is 0 Å². The number of carbonyl (C=O) groups is 1. The maximum atomic E-state index is 11.2. The van der Waals surface area contributed by atoms with Gasteiger partial charge in [0.25, 0.3) is 0 Å². The molecule has 0 aliphatic heterocycles. The van der Waals surface area contributed by atoms with Gasteiger partial charge in [0, 0.05) is 18.8 Å². The van der Waals surface area contributed by atoms with Crippen molar-refractivity contribution in [2.75, 3.05) is 0 Å². The van der Waals surface area contributed by atoms with Gasteiger partial charge in [-0.15, -0.1) is 0 Å². The van der Waals surface area contributed by atoms with Crippen molar-refractivity contribution < 1.29 is 4.79 Å². The number of hydrogen-bond acceptors (Lipinski definition) is 1. The minimum atomic E-state index is -0.235. The summed E-state index contributed by atoms with van der Waals surface area (Å²) in [5, 5.41) is 0. The summed E-state index contributed by atoms with van der Waals surface area (Å²) < 4.78 is 0. The molecule has 3 rings (SSSR count). The normalized spacial score (nSPS) is 11.3. The van der Waals surface area contributed by atoms with E-state index in [-0.39, 0.29) is 11.2 Å². The van der Waals surface area contributed by atoms with E-state index in [0.717, 1.165) is 19.3 Å². The van der Waals surface area contributed by atoms with Gasteiger partial charge in [0.05, 0.1) is 0 Å². The van der Waals surface area contributed by atoms with Crippen LogP contribution in [0.2, 0.25) is 0 Å². The third-order valence-corrected chi connectivity index (χ3v) is 5.02. The Labute approximate surface area is 156 Å². The Bertz CT molecular complexity index is 710. The molecule has 1 heteroatoms. The molecule has 0 bridgehead atoms. The summed E-state index contributed by atoms with van der Waals surface area (Å²) in [5.41, 5.74) is 3.59. The van der Waals surface area contributed by atoms with E-state index in [1.165, 1.54) is 16.7 Å². The molecule has 1 nitrogen and oxygen atoms in total. The van der Waals surface area contributed by atoms with Crippen LogP contribution in [0.15, 0.2) is 91.0 Å². The maximum absolute atomic E-state index is 11.2. The van der Waals surface area contributed by atoms with Crippen molar-refractivity contribution in [3.8, 4) is 0 Å². The fraction of sp³-hybridized carbons (Fsp3) is 0.200. The van der Waals surface area contributed by atoms with Gasteiger partial charge in [-0.3, -0.25) is 4.79 Å². The minimum absolute atomic E-state index is 0.227. The second kappa shape index (κ2) is 8.62. The predicted octanol–water partition coefficient (Wildman–Crippen LogP) is 5.86. The zero-order chi connectivity index (χ0) is 18.2. The average Bonchev–Trinajstić information content (AvgIpc) is 2.70. The highest BCUT2D eigenvalue weighted by Crippen LogP contribution is 2.43. The molecule has 2 radical (unpaired) electrons. The summed E-state index contributed by atoms with van der Waals surface area (Å²) in [6, 6.07) is 32.0. The molecule has 0 unspecified atom stereocenters. The summed E-state index contributed by atoms with van der Waals surface area (Å²) in [5.74, 6) is -0.227. The van der Waals surface area contributed by atoms with Crippen molar-refractivity contribution in [1.29, 1.82) is 0 Å². The summed E-state index contributed by atoms with van der Waals surface area (Å²) >= 11 is 0. The molecule has 26 heavy (non-hydrogen) atoms. The monoisotopic (exact) mass is 340 g/mol. The molecule has 0 heterocycles.